The molecule has 0 radical (unpaired) electrons. The SMILES string of the molecule is Cc1ccc(N2C[C@@H](C)Cn3c2nc2c3c(=O)n(CC(=O)OCc3ccccc3)c(=O)n2C)cc1C. The number of carbonyl (C=O) groups is 1. The Balaban J connectivity index is 1.55. The van der Waals surface area contributed by atoms with Crippen LogP contribution in [0.4, 0.5) is 11.6 Å². The van der Waals surface area contributed by atoms with Gasteiger partial charge in [0.15, 0.2) is 11.2 Å². The predicted octanol–water partition coefficient (Wildman–Crippen LogP) is 3.04. The second-order valence-corrected chi connectivity index (χ2v) is 9.56. The van der Waals surface area contributed by atoms with E-state index in [9.17, 15) is 14.4 Å². The van der Waals surface area contributed by atoms with Gasteiger partial charge in [-0.05, 0) is 48.6 Å². The molecule has 2 aromatic carbocycles. The lowest BCUT2D eigenvalue weighted by molar-refractivity contribution is -0.145. The molecule has 0 N–H and O–H groups in total. The third-order valence-electron chi connectivity index (χ3n) is 6.77. The lowest BCUT2D eigenvalue weighted by Gasteiger charge is -2.33. The van der Waals surface area contributed by atoms with Crippen LogP contribution in [0.5, 0.6) is 0 Å². The molecule has 36 heavy (non-hydrogen) atoms. The number of benzene rings is 2. The molecule has 1 atom stereocenters. The molecule has 1 aliphatic heterocycles. The first kappa shape index (κ1) is 23.6. The van der Waals surface area contributed by atoms with Crippen LogP contribution in [-0.4, -0.2) is 31.2 Å². The van der Waals surface area contributed by atoms with Crippen LogP contribution in [0.25, 0.3) is 11.2 Å². The van der Waals surface area contributed by atoms with E-state index >= 15 is 0 Å². The Hall–Kier alpha value is -4.14. The standard InChI is InChI=1S/C27H29N5O4/c1-17-13-30(21-11-10-18(2)19(3)12-21)26-28-24-23(31(26)14-17)25(34)32(27(35)29(24)4)15-22(33)36-16-20-8-6-5-7-9-20/h5-12,17H,13-16H2,1-4H3/t17-/m1/s1. The van der Waals surface area contributed by atoms with Crippen molar-refractivity contribution < 1.29 is 9.53 Å². The fraction of sp³-hybridized carbons (Fsp3) is 0.333. The topological polar surface area (TPSA) is 91.4 Å². The van der Waals surface area contributed by atoms with Gasteiger partial charge in [0, 0.05) is 25.8 Å². The molecule has 2 aromatic heterocycles. The summed E-state index contributed by atoms with van der Waals surface area (Å²) in [6.45, 7) is 7.17. The van der Waals surface area contributed by atoms with Gasteiger partial charge in [-0.1, -0.05) is 43.3 Å². The molecule has 0 fully saturated rings. The molecule has 186 valence electrons. The van der Waals surface area contributed by atoms with Crippen molar-refractivity contribution in [3.63, 3.8) is 0 Å². The Morgan fingerprint density at radius 1 is 1.06 bits per heavy atom. The summed E-state index contributed by atoms with van der Waals surface area (Å²) in [5.41, 5.74) is 3.63. The fourth-order valence-electron chi connectivity index (χ4n) is 4.67. The summed E-state index contributed by atoms with van der Waals surface area (Å²) in [4.78, 5) is 46.0. The molecule has 9 nitrogen and oxygen atoms in total. The Morgan fingerprint density at radius 2 is 1.81 bits per heavy atom. The number of aryl methyl sites for hydroxylation is 3. The Bertz CT molecular complexity index is 1580. The minimum atomic E-state index is -0.652. The first-order valence-corrected chi connectivity index (χ1v) is 12.0. The summed E-state index contributed by atoms with van der Waals surface area (Å²) in [5.74, 6) is 0.196. The average Bonchev–Trinajstić information content (AvgIpc) is 3.25. The lowest BCUT2D eigenvalue weighted by atomic mass is 10.1. The minimum absolute atomic E-state index is 0.0709. The van der Waals surface area contributed by atoms with Gasteiger partial charge in [-0.15, -0.1) is 0 Å². The number of aromatic nitrogens is 4. The molecule has 9 heteroatoms. The van der Waals surface area contributed by atoms with Crippen LogP contribution < -0.4 is 16.1 Å². The maximum absolute atomic E-state index is 13.6. The van der Waals surface area contributed by atoms with Crippen molar-refractivity contribution >= 4 is 28.8 Å². The van der Waals surface area contributed by atoms with Crippen molar-refractivity contribution in [3.05, 3.63) is 86.1 Å². The summed E-state index contributed by atoms with van der Waals surface area (Å²) in [6.07, 6.45) is 0. The Kier molecular flexibility index (Phi) is 5.99. The van der Waals surface area contributed by atoms with Crippen molar-refractivity contribution in [2.24, 2.45) is 13.0 Å². The largest absolute Gasteiger partial charge is 0.459 e. The molecule has 5 rings (SSSR count). The molecule has 1 aliphatic rings. The first-order valence-electron chi connectivity index (χ1n) is 12.0. The van der Waals surface area contributed by atoms with E-state index in [1.54, 1.807) is 7.05 Å². The third-order valence-corrected chi connectivity index (χ3v) is 6.77. The number of imidazole rings is 1. The molecule has 0 spiro atoms. The maximum Gasteiger partial charge on any atom is 0.333 e. The van der Waals surface area contributed by atoms with E-state index in [0.717, 1.165) is 27.9 Å². The van der Waals surface area contributed by atoms with Gasteiger partial charge in [0.2, 0.25) is 5.95 Å². The fourth-order valence-corrected chi connectivity index (χ4v) is 4.67. The number of esters is 1. The van der Waals surface area contributed by atoms with E-state index < -0.39 is 23.8 Å². The summed E-state index contributed by atoms with van der Waals surface area (Å²) in [6, 6.07) is 15.5. The van der Waals surface area contributed by atoms with Gasteiger partial charge in [0.05, 0.1) is 0 Å². The van der Waals surface area contributed by atoms with Crippen LogP contribution in [-0.2, 0) is 36.3 Å². The highest BCUT2D eigenvalue weighted by Crippen LogP contribution is 2.33. The Morgan fingerprint density at radius 3 is 2.53 bits per heavy atom. The predicted molar refractivity (Wildman–Crippen MR) is 138 cm³/mol. The van der Waals surface area contributed by atoms with Crippen LogP contribution >= 0.6 is 0 Å². The molecular formula is C27H29N5O4. The molecule has 0 amide bonds. The highest BCUT2D eigenvalue weighted by Gasteiger charge is 2.30. The van der Waals surface area contributed by atoms with E-state index in [1.165, 1.54) is 10.1 Å². The van der Waals surface area contributed by atoms with Crippen molar-refractivity contribution in [3.8, 4) is 0 Å². The number of anilines is 2. The van der Waals surface area contributed by atoms with Crippen molar-refractivity contribution in [1.29, 1.82) is 0 Å². The quantitative estimate of drug-likeness (QED) is 0.402. The van der Waals surface area contributed by atoms with Crippen molar-refractivity contribution in [2.45, 2.75) is 40.5 Å². The summed E-state index contributed by atoms with van der Waals surface area (Å²) < 4.78 is 9.45. The van der Waals surface area contributed by atoms with E-state index in [1.807, 2.05) is 41.0 Å². The molecule has 0 aliphatic carbocycles. The molecule has 4 aromatic rings. The molecule has 0 bridgehead atoms. The van der Waals surface area contributed by atoms with Crippen molar-refractivity contribution in [2.75, 3.05) is 11.4 Å². The van der Waals surface area contributed by atoms with Crippen LogP contribution in [0.1, 0.15) is 23.6 Å². The number of rotatable bonds is 5. The van der Waals surface area contributed by atoms with Crippen molar-refractivity contribution in [1.82, 2.24) is 18.7 Å². The van der Waals surface area contributed by atoms with Gasteiger partial charge in [-0.2, -0.15) is 4.98 Å². The average molecular weight is 488 g/mol. The maximum atomic E-state index is 13.6. The summed E-state index contributed by atoms with van der Waals surface area (Å²) in [5, 5.41) is 0. The third kappa shape index (κ3) is 4.10. The number of ether oxygens (including phenoxy) is 1. The monoisotopic (exact) mass is 487 g/mol. The van der Waals surface area contributed by atoms with E-state index in [-0.39, 0.29) is 12.5 Å². The van der Waals surface area contributed by atoms with Gasteiger partial charge >= 0.3 is 11.7 Å². The van der Waals surface area contributed by atoms with E-state index in [0.29, 0.717) is 23.7 Å². The normalized spacial score (nSPS) is 15.2. The second-order valence-electron chi connectivity index (χ2n) is 9.56. The Labute approximate surface area is 208 Å². The number of fused-ring (bicyclic) bond motifs is 3. The molecule has 0 unspecified atom stereocenters. The van der Waals surface area contributed by atoms with Crippen LogP contribution in [0.3, 0.4) is 0 Å². The zero-order valence-corrected chi connectivity index (χ0v) is 20.9. The van der Waals surface area contributed by atoms with E-state index in [4.69, 9.17) is 9.72 Å². The molecule has 3 heterocycles. The number of hydrogen-bond donors (Lipinski definition) is 0. The lowest BCUT2D eigenvalue weighted by Crippen LogP contribution is -2.42. The van der Waals surface area contributed by atoms with Gasteiger partial charge in [-0.3, -0.25) is 14.2 Å². The molecule has 0 saturated heterocycles. The highest BCUT2D eigenvalue weighted by molar-refractivity contribution is 5.78. The number of hydrogen-bond acceptors (Lipinski definition) is 6. The number of nitrogens with zero attached hydrogens (tertiary/aromatic N) is 5. The smallest absolute Gasteiger partial charge is 0.333 e. The zero-order chi connectivity index (χ0) is 25.6. The van der Waals surface area contributed by atoms with Gasteiger partial charge in [-0.25, -0.2) is 9.36 Å². The minimum Gasteiger partial charge on any atom is -0.459 e. The summed E-state index contributed by atoms with van der Waals surface area (Å²) >= 11 is 0. The van der Waals surface area contributed by atoms with Gasteiger partial charge in [0.1, 0.15) is 13.2 Å². The first-order chi connectivity index (χ1) is 17.2. The van der Waals surface area contributed by atoms with Crippen LogP contribution in [0.15, 0.2) is 58.1 Å². The number of carbonyl (C=O) groups excluding carboxylic acids is 1. The molecule has 0 saturated carbocycles. The second kappa shape index (κ2) is 9.14. The van der Waals surface area contributed by atoms with Crippen LogP contribution in [0, 0.1) is 19.8 Å². The van der Waals surface area contributed by atoms with Crippen LogP contribution in [0.2, 0.25) is 0 Å². The molecular weight excluding hydrogens is 458 g/mol. The van der Waals surface area contributed by atoms with E-state index in [2.05, 4.69) is 37.8 Å². The van der Waals surface area contributed by atoms with Gasteiger partial charge < -0.3 is 14.2 Å². The zero-order valence-electron chi connectivity index (χ0n) is 20.9. The highest BCUT2D eigenvalue weighted by atomic mass is 16.5. The van der Waals surface area contributed by atoms with Gasteiger partial charge in [0.25, 0.3) is 5.56 Å². The summed E-state index contributed by atoms with van der Waals surface area (Å²) in [7, 11) is 1.57.